The van der Waals surface area contributed by atoms with Gasteiger partial charge in [-0.15, -0.1) is 0 Å². The highest BCUT2D eigenvalue weighted by atomic mass is 19.2. The topological polar surface area (TPSA) is 293 Å². The number of hydrogen-bond donors (Lipinski definition) is 10. The van der Waals surface area contributed by atoms with Crippen molar-refractivity contribution in [1.82, 2.24) is 15.5 Å². The molecule has 0 radical (unpaired) electrons. The molecule has 494 valence electrons. The van der Waals surface area contributed by atoms with Gasteiger partial charge in [-0.3, -0.25) is 19.5 Å². The standard InChI is InChI=1S/C22H17F2N3O2.C15H13NO2.C8H7F2NO2.C8H9F2NO.C8H6F2O2.C8H6F2O/c23-17-5-6-19(24)18(10-17)21(12-28)26-22(29)15-3-1-2-13(8-15)14-4-7-20-16(9-14)11-25-27-20;1-10-5-6-12(8-14(10)9-16)11-3-2-4-13(7-11)15(17)18;9-5-1-2-7(10)6(3-5)8(4-12)11-13;9-5-1-2-7(10)6(3-5)8(11)4-12;9-5-1-2-7(10)6(3-5)8(12)4-11;1-5(11)7-4-6(9)2-3-8(7)10/h1-11,21,28H,12H2,(H,25,27)(H,26,29);2-9,16H,1H3,(H,17,18);1-3,12-13H,4H2;1-3,8,12H,4,11H2;1-3,11H,4H2;2-4H,1H3/b;;11-8+;;;. The number of hydrogen-bond acceptors (Lipinski definition) is 13. The van der Waals surface area contributed by atoms with Crippen LogP contribution < -0.4 is 11.1 Å². The van der Waals surface area contributed by atoms with Gasteiger partial charge in [0.1, 0.15) is 70.5 Å². The maximum atomic E-state index is 14.0. The Morgan fingerprint density at radius 3 is 1.55 bits per heavy atom. The second kappa shape index (κ2) is 36.3. The van der Waals surface area contributed by atoms with Crippen molar-refractivity contribution in [2.24, 2.45) is 10.9 Å². The number of Topliss-reactive ketones (excluding diaryl/α,β-unsaturated/α-hetero) is 2. The molecular weight excluding hydrogens is 1260 g/mol. The number of carboxylic acids is 1. The van der Waals surface area contributed by atoms with Gasteiger partial charge in [0.25, 0.3) is 5.91 Å². The lowest BCUT2D eigenvalue weighted by atomic mass is 9.99. The van der Waals surface area contributed by atoms with Gasteiger partial charge >= 0.3 is 5.97 Å². The van der Waals surface area contributed by atoms with Gasteiger partial charge in [-0.25, -0.2) is 48.7 Å². The number of halogens is 10. The van der Waals surface area contributed by atoms with E-state index in [1.165, 1.54) is 13.1 Å². The third kappa shape index (κ3) is 21.8. The first-order valence-electron chi connectivity index (χ1n) is 27.7. The maximum absolute atomic E-state index is 14.0. The summed E-state index contributed by atoms with van der Waals surface area (Å²) in [5.41, 5.74) is 10.9. The molecule has 0 saturated heterocycles. The van der Waals surface area contributed by atoms with Crippen LogP contribution in [-0.2, 0) is 0 Å². The summed E-state index contributed by atoms with van der Waals surface area (Å²) < 4.78 is 129. The predicted octanol–water partition coefficient (Wildman–Crippen LogP) is 12.7. The van der Waals surface area contributed by atoms with Crippen molar-refractivity contribution in [3.05, 3.63) is 290 Å². The fourth-order valence-electron chi connectivity index (χ4n) is 8.36. The van der Waals surface area contributed by atoms with E-state index in [1.54, 1.807) is 42.6 Å². The van der Waals surface area contributed by atoms with E-state index in [9.17, 15) is 68.2 Å². The van der Waals surface area contributed by atoms with Crippen molar-refractivity contribution >= 4 is 46.3 Å². The number of aliphatic hydroxyl groups excluding tert-OH is 4. The summed E-state index contributed by atoms with van der Waals surface area (Å²) in [7, 11) is 0. The summed E-state index contributed by atoms with van der Waals surface area (Å²) in [6.07, 6.45) is 3.02. The van der Waals surface area contributed by atoms with Crippen molar-refractivity contribution in [3.63, 3.8) is 0 Å². The van der Waals surface area contributed by atoms with Crippen LogP contribution in [0.15, 0.2) is 187 Å². The molecule has 0 saturated carbocycles. The number of carboxylic acid groups (broad SMARTS) is 1. The minimum absolute atomic E-state index is 0.00231. The number of nitrogens with one attached hydrogen (secondary N) is 3. The number of amides is 1. The molecule has 1 heterocycles. The molecule has 1 amide bonds. The van der Waals surface area contributed by atoms with Gasteiger partial charge < -0.3 is 47.2 Å². The Morgan fingerprint density at radius 1 is 0.558 bits per heavy atom. The maximum Gasteiger partial charge on any atom is 0.335 e. The lowest BCUT2D eigenvalue weighted by Crippen LogP contribution is -2.31. The fraction of sp³-hybridized carbons (Fsp3) is 0.116. The van der Waals surface area contributed by atoms with E-state index in [4.69, 9.17) is 36.8 Å². The normalized spacial score (nSPS) is 11.2. The number of oxime groups is 1. The molecule has 10 aromatic rings. The Morgan fingerprint density at radius 2 is 1.03 bits per heavy atom. The Balaban J connectivity index is 0.000000216. The fourth-order valence-corrected chi connectivity index (χ4v) is 8.36. The highest BCUT2D eigenvalue weighted by Crippen LogP contribution is 2.27. The molecule has 0 aliphatic rings. The van der Waals surface area contributed by atoms with Gasteiger partial charge in [0.2, 0.25) is 0 Å². The highest BCUT2D eigenvalue weighted by molar-refractivity contribution is 6.01. The summed E-state index contributed by atoms with van der Waals surface area (Å²) in [6.45, 7) is 0.691. The summed E-state index contributed by atoms with van der Waals surface area (Å²) >= 11 is 0. The zero-order chi connectivity index (χ0) is 70.1. The van der Waals surface area contributed by atoms with Gasteiger partial charge in [0.15, 0.2) is 11.6 Å². The van der Waals surface area contributed by atoms with E-state index in [2.05, 4.69) is 20.7 Å². The van der Waals surface area contributed by atoms with E-state index >= 15 is 0 Å². The zero-order valence-electron chi connectivity index (χ0n) is 49.9. The average Bonchev–Trinajstić information content (AvgIpc) is 1.83. The Labute approximate surface area is 535 Å². The second-order valence-electron chi connectivity index (χ2n) is 19.9. The molecule has 0 aliphatic heterocycles. The summed E-state index contributed by atoms with van der Waals surface area (Å²) in [4.78, 5) is 45.0. The van der Waals surface area contributed by atoms with Crippen LogP contribution in [0.4, 0.5) is 43.9 Å². The number of nitrogens with zero attached hydrogens (tertiary/aromatic N) is 2. The molecule has 10 rings (SSSR count). The van der Waals surface area contributed by atoms with E-state index in [0.717, 1.165) is 135 Å². The average molecular weight is 1320 g/mol. The van der Waals surface area contributed by atoms with Crippen LogP contribution in [0, 0.1) is 70.5 Å². The SMILES string of the molecule is CC(=O)c1cc(F)ccc1F.Cc1ccc(-c2cccc(C(=O)O)c2)cc1C=N.NC(CO)c1cc(F)ccc1F.O=C(CO)c1cc(F)ccc1F.O=C(NC(CO)c1cc(F)ccc1F)c1cccc(-c2ccc3[nH]ncc3c2)c1.OC/C(=N\O)c1cc(F)ccc1F. The van der Waals surface area contributed by atoms with Gasteiger partial charge in [-0.2, -0.15) is 5.10 Å². The van der Waals surface area contributed by atoms with Crippen molar-refractivity contribution in [3.8, 4) is 22.3 Å². The third-order valence-corrected chi connectivity index (χ3v) is 13.3. The van der Waals surface area contributed by atoms with Crippen molar-refractivity contribution in [1.29, 1.82) is 5.41 Å². The number of fused-ring (bicyclic) bond motifs is 1. The number of rotatable bonds is 15. The first-order valence-corrected chi connectivity index (χ1v) is 27.7. The molecule has 16 nitrogen and oxygen atoms in total. The number of aryl methyl sites for hydroxylation is 1. The lowest BCUT2D eigenvalue weighted by Gasteiger charge is -2.18. The first kappa shape index (κ1) is 74.7. The number of ketones is 2. The van der Waals surface area contributed by atoms with Crippen LogP contribution in [0.2, 0.25) is 0 Å². The molecule has 26 heteroatoms. The van der Waals surface area contributed by atoms with Crippen LogP contribution in [0.3, 0.4) is 0 Å². The number of aromatic nitrogens is 2. The van der Waals surface area contributed by atoms with Crippen LogP contribution in [0.1, 0.15) is 88.3 Å². The number of benzene rings is 9. The van der Waals surface area contributed by atoms with E-state index in [1.807, 2.05) is 55.5 Å². The molecule has 2 atom stereocenters. The molecule has 0 fully saturated rings. The van der Waals surface area contributed by atoms with Crippen LogP contribution in [-0.4, -0.2) is 103 Å². The van der Waals surface area contributed by atoms with Crippen molar-refractivity contribution in [2.75, 3.05) is 26.4 Å². The molecular formula is C69H58F10N6O10. The summed E-state index contributed by atoms with van der Waals surface area (Å²) in [6, 6.07) is 37.2. The molecule has 9 aromatic carbocycles. The molecule has 95 heavy (non-hydrogen) atoms. The molecule has 0 bridgehead atoms. The number of carbonyl (C=O) groups is 4. The monoisotopic (exact) mass is 1320 g/mol. The number of H-pyrrole nitrogens is 1. The third-order valence-electron chi connectivity index (χ3n) is 13.3. The Hall–Kier alpha value is -11.0. The summed E-state index contributed by atoms with van der Waals surface area (Å²) in [5, 5.41) is 72.8. The van der Waals surface area contributed by atoms with Gasteiger partial charge in [0, 0.05) is 33.9 Å². The van der Waals surface area contributed by atoms with Crippen LogP contribution in [0.5, 0.6) is 0 Å². The van der Waals surface area contributed by atoms with E-state index < -0.39 is 126 Å². The summed E-state index contributed by atoms with van der Waals surface area (Å²) in [5.74, 6) is -9.45. The van der Waals surface area contributed by atoms with Crippen molar-refractivity contribution in [2.45, 2.75) is 25.9 Å². The largest absolute Gasteiger partial charge is 0.478 e. The quantitative estimate of drug-likeness (QED) is 0.0151. The molecule has 0 aliphatic carbocycles. The number of nitrogens with two attached hydrogens (primary N) is 1. The molecule has 1 aromatic heterocycles. The number of carbonyl (C=O) groups excluding carboxylic acids is 3. The second-order valence-corrected chi connectivity index (χ2v) is 19.9. The highest BCUT2D eigenvalue weighted by Gasteiger charge is 2.20. The molecule has 2 unspecified atom stereocenters. The zero-order valence-corrected chi connectivity index (χ0v) is 49.9. The minimum Gasteiger partial charge on any atom is -0.478 e. The first-order chi connectivity index (χ1) is 45.2. The number of aromatic amines is 1. The minimum atomic E-state index is -1.07. The van der Waals surface area contributed by atoms with Crippen molar-refractivity contribution < 1.29 is 93.8 Å². The van der Waals surface area contributed by atoms with Gasteiger partial charge in [0.05, 0.1) is 60.3 Å². The molecule has 11 N–H and O–H groups in total. The predicted molar refractivity (Wildman–Crippen MR) is 333 cm³/mol. The Bertz CT molecular complexity index is 4360. The van der Waals surface area contributed by atoms with Gasteiger partial charge in [-0.05, 0) is 181 Å². The van der Waals surface area contributed by atoms with E-state index in [0.29, 0.717) is 5.56 Å². The Kier molecular flexibility index (Phi) is 28.5. The van der Waals surface area contributed by atoms with Crippen LogP contribution in [0.25, 0.3) is 33.2 Å². The van der Waals surface area contributed by atoms with Gasteiger partial charge in [-0.1, -0.05) is 47.6 Å². The number of aromatic carboxylic acids is 1. The van der Waals surface area contributed by atoms with E-state index in [-0.39, 0.29) is 33.5 Å². The smallest absolute Gasteiger partial charge is 0.335 e. The molecule has 0 spiro atoms. The lowest BCUT2D eigenvalue weighted by molar-refractivity contribution is 0.0696. The van der Waals surface area contributed by atoms with Crippen LogP contribution >= 0.6 is 0 Å². The number of aliphatic hydroxyl groups is 4.